The van der Waals surface area contributed by atoms with E-state index in [0.29, 0.717) is 23.1 Å². The van der Waals surface area contributed by atoms with Gasteiger partial charge in [0.2, 0.25) is 17.8 Å². The fourth-order valence-electron chi connectivity index (χ4n) is 5.59. The van der Waals surface area contributed by atoms with Crippen molar-refractivity contribution in [2.75, 3.05) is 26.2 Å². The molecule has 7 N–H and O–H groups in total. The summed E-state index contributed by atoms with van der Waals surface area (Å²) in [5.74, 6) is -15.9. The quantitative estimate of drug-likeness (QED) is 0.0377. The van der Waals surface area contributed by atoms with Crippen LogP contribution in [-0.4, -0.2) is 110 Å². The number of carbonyl (C=O) groups excluding carboxylic acids is 5. The molecule has 1 aromatic heterocycles. The van der Waals surface area contributed by atoms with Gasteiger partial charge in [-0.3, -0.25) is 24.1 Å². The van der Waals surface area contributed by atoms with Crippen LogP contribution < -0.4 is 20.6 Å². The number of pyridine rings is 1. The van der Waals surface area contributed by atoms with Gasteiger partial charge in [-0.25, -0.2) is 18.4 Å². The number of hydrogen-bond acceptors (Lipinski definition) is 11. The molecule has 0 bridgehead atoms. The van der Waals surface area contributed by atoms with Gasteiger partial charge in [-0.2, -0.15) is 13.8 Å². The highest BCUT2D eigenvalue weighted by atomic mass is 35.5. The van der Waals surface area contributed by atoms with Gasteiger partial charge in [0, 0.05) is 49.4 Å². The van der Waals surface area contributed by atoms with Crippen LogP contribution in [0.5, 0.6) is 17.2 Å². The van der Waals surface area contributed by atoms with E-state index in [1.165, 1.54) is 0 Å². The summed E-state index contributed by atoms with van der Waals surface area (Å²) in [6.07, 6.45) is -0.288. The van der Waals surface area contributed by atoms with Gasteiger partial charge in [0.25, 0.3) is 5.91 Å². The van der Waals surface area contributed by atoms with E-state index in [1.54, 1.807) is 0 Å². The third-order valence-corrected chi connectivity index (χ3v) is 8.65. The number of aromatic nitrogens is 1. The number of phenols is 2. The largest absolute Gasteiger partial charge is 0.547 e. The second kappa shape index (κ2) is 15.8. The smallest absolute Gasteiger partial charge is 0.534 e. The summed E-state index contributed by atoms with van der Waals surface area (Å²) < 4.78 is 60.6. The molecule has 17 nitrogen and oxygen atoms in total. The van der Waals surface area contributed by atoms with Crippen molar-refractivity contribution >= 4 is 54.3 Å². The van der Waals surface area contributed by atoms with E-state index in [2.05, 4.69) is 20.9 Å². The number of urea groups is 1. The first-order valence-corrected chi connectivity index (χ1v) is 16.0. The van der Waals surface area contributed by atoms with Gasteiger partial charge in [-0.1, -0.05) is 17.7 Å². The maximum atomic E-state index is 14.6. The number of halogens is 5. The molecule has 2 aliphatic rings. The van der Waals surface area contributed by atoms with Crippen molar-refractivity contribution < 1.29 is 71.3 Å². The lowest BCUT2D eigenvalue weighted by molar-refractivity contribution is -0.153. The fraction of sp³-hybridized carbons (Fsp3) is 0.258. The van der Waals surface area contributed by atoms with Crippen molar-refractivity contribution in [2.24, 2.45) is 0 Å². The Kier molecular flexibility index (Phi) is 11.5. The zero-order chi connectivity index (χ0) is 39.6. The Bertz CT molecular complexity index is 2060. The molecule has 1 saturated heterocycles. The molecular weight excluding hydrogens is 755 g/mol. The number of nitrogens with zero attached hydrogens (tertiary/aromatic N) is 3. The summed E-state index contributed by atoms with van der Waals surface area (Å²) in [6, 6.07) is 0.377. The minimum absolute atomic E-state index is 0.0419. The van der Waals surface area contributed by atoms with Gasteiger partial charge < -0.3 is 45.8 Å². The van der Waals surface area contributed by atoms with Crippen molar-refractivity contribution in [3.8, 4) is 17.2 Å². The fourth-order valence-corrected chi connectivity index (χ4v) is 5.85. The molecule has 5 rings (SSSR count). The summed E-state index contributed by atoms with van der Waals surface area (Å²) in [5, 5.41) is 45.9. The highest BCUT2D eigenvalue weighted by Crippen LogP contribution is 2.40. The Labute approximate surface area is 305 Å². The van der Waals surface area contributed by atoms with Crippen LogP contribution in [0.2, 0.25) is 5.02 Å². The van der Waals surface area contributed by atoms with Crippen LogP contribution in [0.1, 0.15) is 44.3 Å². The van der Waals surface area contributed by atoms with Crippen LogP contribution in [0, 0.1) is 23.5 Å². The monoisotopic (exact) mass is 780 g/mol. The first-order chi connectivity index (χ1) is 25.5. The molecule has 54 heavy (non-hydrogen) atoms. The van der Waals surface area contributed by atoms with E-state index in [-0.39, 0.29) is 43.6 Å². The minimum Gasteiger partial charge on any atom is -0.534 e. The number of benzene rings is 2. The third kappa shape index (κ3) is 8.08. The molecule has 2 aliphatic heterocycles. The molecule has 2 atom stereocenters. The number of carboxylic acid groups (broad SMARTS) is 1. The van der Waals surface area contributed by atoms with E-state index >= 15 is 0 Å². The number of imide groups is 1. The summed E-state index contributed by atoms with van der Waals surface area (Å²) in [5.41, 5.74) is -1.84. The van der Waals surface area contributed by atoms with E-state index in [4.69, 9.17) is 16.3 Å². The molecule has 0 aliphatic carbocycles. The van der Waals surface area contributed by atoms with Crippen LogP contribution >= 0.6 is 11.6 Å². The molecule has 6 amide bonds. The number of hydrogen-bond donors (Lipinski definition) is 7. The third-order valence-electron chi connectivity index (χ3n) is 8.26. The zero-order valence-electron chi connectivity index (χ0n) is 27.2. The van der Waals surface area contributed by atoms with Crippen molar-refractivity contribution in [3.05, 3.63) is 81.1 Å². The van der Waals surface area contributed by atoms with Crippen LogP contribution in [0.3, 0.4) is 0 Å². The average molecular weight is 781 g/mol. The predicted octanol–water partition coefficient (Wildman–Crippen LogP) is 0.782. The SMILES string of the molecule is O=C(NCCCN1CCN(C(=O)NC(C(=O)N[C@H]2Cc3ccc(F)c(C(=O)O)c3OB2O)c2cc(F)c(O)c(O)c2Cl)C(=O)C1=O)c1cc(F)nc(F)c1. The van der Waals surface area contributed by atoms with Gasteiger partial charge in [-0.05, 0) is 30.5 Å². The molecule has 23 heteroatoms. The lowest BCUT2D eigenvalue weighted by atomic mass is 9.72. The van der Waals surface area contributed by atoms with E-state index in [9.17, 15) is 66.7 Å². The van der Waals surface area contributed by atoms with Crippen LogP contribution in [0.4, 0.5) is 22.4 Å². The average Bonchev–Trinajstić information content (AvgIpc) is 3.11. The number of phenolic OH excluding ortho intramolecular Hbond substituents is 2. The number of aromatic carboxylic acids is 1. The molecular formula is C31H26BClF4N6O11. The molecule has 284 valence electrons. The highest BCUT2D eigenvalue weighted by molar-refractivity contribution is 6.47. The lowest BCUT2D eigenvalue weighted by Crippen LogP contribution is -2.60. The summed E-state index contributed by atoms with van der Waals surface area (Å²) in [7, 11) is -2.00. The molecule has 0 saturated carbocycles. The van der Waals surface area contributed by atoms with Crippen molar-refractivity contribution in [1.29, 1.82) is 0 Å². The van der Waals surface area contributed by atoms with E-state index in [0.717, 1.165) is 17.0 Å². The molecule has 1 unspecified atom stereocenters. The maximum Gasteiger partial charge on any atom is 0.547 e. The number of aromatic hydroxyl groups is 2. The Hall–Kier alpha value is -6.16. The second-order valence-corrected chi connectivity index (χ2v) is 12.1. The predicted molar refractivity (Wildman–Crippen MR) is 173 cm³/mol. The minimum atomic E-state index is -2.10. The molecule has 3 aromatic rings. The number of amides is 6. The van der Waals surface area contributed by atoms with Crippen LogP contribution in [0.15, 0.2) is 30.3 Å². The normalized spacial score (nSPS) is 16.0. The van der Waals surface area contributed by atoms with E-state index < -0.39 is 118 Å². The first kappa shape index (κ1) is 39.1. The van der Waals surface area contributed by atoms with Crippen molar-refractivity contribution in [1.82, 2.24) is 30.7 Å². The molecule has 0 radical (unpaired) electrons. The van der Waals surface area contributed by atoms with E-state index in [1.807, 2.05) is 0 Å². The second-order valence-electron chi connectivity index (χ2n) is 11.7. The first-order valence-electron chi connectivity index (χ1n) is 15.6. The van der Waals surface area contributed by atoms with Crippen LogP contribution in [-0.2, 0) is 20.8 Å². The highest BCUT2D eigenvalue weighted by Gasteiger charge is 2.42. The number of nitrogens with one attached hydrogen (secondary N) is 3. The number of rotatable bonds is 10. The number of fused-ring (bicyclic) bond motifs is 1. The van der Waals surface area contributed by atoms with Gasteiger partial charge >= 0.3 is 30.9 Å². The number of piperazine rings is 1. The van der Waals surface area contributed by atoms with Gasteiger partial charge in [0.05, 0.1) is 11.0 Å². The summed E-state index contributed by atoms with van der Waals surface area (Å²) in [4.78, 5) is 81.0. The molecule has 3 heterocycles. The molecule has 2 aromatic carbocycles. The number of carbonyl (C=O) groups is 6. The van der Waals surface area contributed by atoms with Crippen molar-refractivity contribution in [2.45, 2.75) is 24.8 Å². The maximum absolute atomic E-state index is 14.6. The van der Waals surface area contributed by atoms with Gasteiger partial charge in [-0.15, -0.1) is 0 Å². The van der Waals surface area contributed by atoms with Crippen LogP contribution in [0.25, 0.3) is 0 Å². The van der Waals surface area contributed by atoms with Gasteiger partial charge in [0.1, 0.15) is 23.2 Å². The summed E-state index contributed by atoms with van der Waals surface area (Å²) in [6.45, 7) is -0.876. The number of carboxylic acids is 1. The Morgan fingerprint density at radius 1 is 1.00 bits per heavy atom. The lowest BCUT2D eigenvalue weighted by Gasteiger charge is -2.34. The Balaban J connectivity index is 1.28. The molecule has 0 spiro atoms. The van der Waals surface area contributed by atoms with Gasteiger partial charge in [0.15, 0.2) is 17.3 Å². The topological polar surface area (TPSA) is 248 Å². The molecule has 1 fully saturated rings. The Morgan fingerprint density at radius 2 is 1.69 bits per heavy atom. The zero-order valence-corrected chi connectivity index (χ0v) is 28.0. The standard InChI is InChI=1S/C31H26BClF4N6O11/c33-21-14(11-16(35)23(44)24(21)45)22(27(47)39-17-8-12-2-3-15(34)20(30(50)51)25(12)54-32(17)53)41-31(52)43-7-6-42(28(48)29(43)49)5-1-4-38-26(46)13-9-18(36)40-19(37)10-13/h2-3,9-11,17,22,44-45,53H,1,4-8H2,(H,38,46)(H,39,47)(H,41,52)(H,50,51)/t17-,22?/m0/s1. The van der Waals surface area contributed by atoms with Crippen molar-refractivity contribution in [3.63, 3.8) is 0 Å². The summed E-state index contributed by atoms with van der Waals surface area (Å²) >= 11 is 6.10. The Morgan fingerprint density at radius 3 is 2.35 bits per heavy atom.